The molecule has 5 N–H and O–H groups in total. The summed E-state index contributed by atoms with van der Waals surface area (Å²) in [7, 11) is 0. The van der Waals surface area contributed by atoms with Crippen LogP contribution in [-0.2, 0) is 0 Å². The fraction of sp³-hybridized carbons (Fsp3) is 1.00. The van der Waals surface area contributed by atoms with Gasteiger partial charge in [0.05, 0.1) is 6.67 Å². The summed E-state index contributed by atoms with van der Waals surface area (Å²) in [5, 5.41) is 4.52. The van der Waals surface area contributed by atoms with Crippen LogP contribution in [0.2, 0.25) is 0 Å². The highest BCUT2D eigenvalue weighted by molar-refractivity contribution is 4.38. The van der Waals surface area contributed by atoms with E-state index in [9.17, 15) is 0 Å². The summed E-state index contributed by atoms with van der Waals surface area (Å²) in [4.78, 5) is 0. The Morgan fingerprint density at radius 2 is 2.25 bits per heavy atom. The third-order valence-corrected chi connectivity index (χ3v) is 0.865. The van der Waals surface area contributed by atoms with Crippen molar-refractivity contribution in [3.8, 4) is 0 Å². The lowest BCUT2D eigenvalue weighted by atomic mass is 10.7. The van der Waals surface area contributed by atoms with Gasteiger partial charge in [0.15, 0.2) is 0 Å². The smallest absolute Gasteiger partial charge is 0.0628 e. The lowest BCUT2D eigenvalue weighted by molar-refractivity contribution is 0.276. The van der Waals surface area contributed by atoms with E-state index in [0.717, 1.165) is 6.54 Å². The highest BCUT2D eigenvalue weighted by Crippen LogP contribution is 1.67. The average molecular weight is 118 g/mol. The Morgan fingerprint density at radius 3 is 2.62 bits per heavy atom. The molecule has 0 aliphatic carbocycles. The second-order valence-corrected chi connectivity index (χ2v) is 1.52. The molecule has 50 valence electrons. The maximum atomic E-state index is 5.37. The molecule has 0 saturated carbocycles. The van der Waals surface area contributed by atoms with Crippen molar-refractivity contribution >= 4 is 0 Å². The predicted octanol–water partition coefficient (Wildman–Crippen LogP) is -1.35. The molecular weight excluding hydrogens is 104 g/mol. The largest absolute Gasteiger partial charge is 0.318 e. The minimum Gasteiger partial charge on any atom is -0.318 e. The van der Waals surface area contributed by atoms with E-state index in [1.165, 1.54) is 0 Å². The van der Waals surface area contributed by atoms with E-state index in [4.69, 9.17) is 11.6 Å². The molecule has 0 aromatic carbocycles. The van der Waals surface area contributed by atoms with Crippen LogP contribution >= 0.6 is 0 Å². The van der Waals surface area contributed by atoms with Gasteiger partial charge in [0.1, 0.15) is 0 Å². The monoisotopic (exact) mass is 118 g/mol. The van der Waals surface area contributed by atoms with Crippen molar-refractivity contribution in [3.63, 3.8) is 0 Å². The van der Waals surface area contributed by atoms with E-state index in [0.29, 0.717) is 13.3 Å². The van der Waals surface area contributed by atoms with Crippen LogP contribution in [0.15, 0.2) is 0 Å². The van der Waals surface area contributed by atoms with Gasteiger partial charge in [-0.2, -0.15) is 0 Å². The molecule has 8 heavy (non-hydrogen) atoms. The van der Waals surface area contributed by atoms with Crippen molar-refractivity contribution in [1.82, 2.24) is 10.3 Å². The zero-order valence-electron chi connectivity index (χ0n) is 5.22. The Morgan fingerprint density at radius 1 is 1.62 bits per heavy atom. The third kappa shape index (κ3) is 4.01. The van der Waals surface area contributed by atoms with Gasteiger partial charge < -0.3 is 5.73 Å². The Kier molecular flexibility index (Phi) is 4.89. The number of nitrogens with zero attached hydrogens (tertiary/aromatic N) is 1. The molecule has 0 fully saturated rings. The van der Waals surface area contributed by atoms with Crippen LogP contribution in [0.3, 0.4) is 0 Å². The first-order valence-electron chi connectivity index (χ1n) is 2.71. The highest BCUT2D eigenvalue weighted by atomic mass is 15.4. The fourth-order valence-electron chi connectivity index (χ4n) is 0.320. The molecule has 0 unspecified atom stereocenters. The molecule has 0 rings (SSSR count). The van der Waals surface area contributed by atoms with Crippen molar-refractivity contribution < 1.29 is 0 Å². The predicted molar refractivity (Wildman–Crippen MR) is 33.6 cm³/mol. The molecule has 0 spiro atoms. The van der Waals surface area contributed by atoms with E-state index < -0.39 is 0 Å². The number of hydrogen-bond donors (Lipinski definition) is 3. The van der Waals surface area contributed by atoms with Crippen LogP contribution in [0.1, 0.15) is 6.92 Å². The van der Waals surface area contributed by atoms with Crippen LogP contribution in [0.5, 0.6) is 0 Å². The van der Waals surface area contributed by atoms with Gasteiger partial charge in [0.25, 0.3) is 0 Å². The lowest BCUT2D eigenvalue weighted by Gasteiger charge is -2.12. The summed E-state index contributed by atoms with van der Waals surface area (Å²) >= 11 is 0. The highest BCUT2D eigenvalue weighted by Gasteiger charge is 1.88. The standard InChI is InChI=1S/C4H14N4/c1-2-8(6)4-7-3-5/h7H,2-6H2,1H3. The number of nitrogens with two attached hydrogens (primary N) is 2. The number of hydrogen-bond acceptors (Lipinski definition) is 4. The summed E-state index contributed by atoms with van der Waals surface area (Å²) in [6, 6.07) is 0. The molecule has 0 saturated heterocycles. The lowest BCUT2D eigenvalue weighted by Crippen LogP contribution is -2.41. The van der Waals surface area contributed by atoms with E-state index >= 15 is 0 Å². The van der Waals surface area contributed by atoms with Gasteiger partial charge in [-0.3, -0.25) is 11.2 Å². The summed E-state index contributed by atoms with van der Waals surface area (Å²) in [6.45, 7) is 3.96. The van der Waals surface area contributed by atoms with E-state index in [1.807, 2.05) is 6.92 Å². The Labute approximate surface area is 49.8 Å². The molecule has 4 nitrogen and oxygen atoms in total. The van der Waals surface area contributed by atoms with Crippen LogP contribution in [0.4, 0.5) is 0 Å². The molecule has 0 aromatic rings. The molecule has 0 amide bonds. The van der Waals surface area contributed by atoms with Crippen LogP contribution in [0, 0.1) is 0 Å². The molecule has 0 aromatic heterocycles. The minimum atomic E-state index is 0.480. The van der Waals surface area contributed by atoms with Gasteiger partial charge in [0, 0.05) is 13.2 Å². The second kappa shape index (κ2) is 4.99. The minimum absolute atomic E-state index is 0.480. The summed E-state index contributed by atoms with van der Waals surface area (Å²) in [6.07, 6.45) is 0. The molecule has 0 aliphatic heterocycles. The van der Waals surface area contributed by atoms with Gasteiger partial charge >= 0.3 is 0 Å². The van der Waals surface area contributed by atoms with Crippen molar-refractivity contribution in [1.29, 1.82) is 0 Å². The SMILES string of the molecule is CCN(N)CNCN. The maximum absolute atomic E-state index is 5.37. The zero-order chi connectivity index (χ0) is 6.41. The van der Waals surface area contributed by atoms with Gasteiger partial charge in [-0.25, -0.2) is 5.01 Å². The quantitative estimate of drug-likeness (QED) is 0.242. The first kappa shape index (κ1) is 7.84. The molecule has 0 atom stereocenters. The van der Waals surface area contributed by atoms with Crippen LogP contribution in [-0.4, -0.2) is 24.9 Å². The summed E-state index contributed by atoms with van der Waals surface area (Å²) < 4.78 is 0. The first-order chi connectivity index (χ1) is 3.81. The van der Waals surface area contributed by atoms with Gasteiger partial charge in [0.2, 0.25) is 0 Å². The second-order valence-electron chi connectivity index (χ2n) is 1.52. The Bertz CT molecular complexity index is 47.3. The molecule has 0 heterocycles. The Hall–Kier alpha value is -0.160. The van der Waals surface area contributed by atoms with Gasteiger partial charge in [-0.05, 0) is 0 Å². The maximum Gasteiger partial charge on any atom is 0.0628 e. The molecule has 0 bridgehead atoms. The Balaban J connectivity index is 2.86. The van der Waals surface area contributed by atoms with Crippen molar-refractivity contribution in [2.24, 2.45) is 11.6 Å². The third-order valence-electron chi connectivity index (χ3n) is 0.865. The van der Waals surface area contributed by atoms with E-state index in [-0.39, 0.29) is 0 Å². The fourth-order valence-corrected chi connectivity index (χ4v) is 0.320. The van der Waals surface area contributed by atoms with Crippen molar-refractivity contribution in [2.75, 3.05) is 19.9 Å². The number of rotatable bonds is 4. The number of nitrogens with one attached hydrogen (secondary N) is 1. The number of hydrazine groups is 1. The van der Waals surface area contributed by atoms with Crippen molar-refractivity contribution in [2.45, 2.75) is 6.92 Å². The zero-order valence-corrected chi connectivity index (χ0v) is 5.22. The van der Waals surface area contributed by atoms with Crippen molar-refractivity contribution in [3.05, 3.63) is 0 Å². The van der Waals surface area contributed by atoms with E-state index in [2.05, 4.69) is 5.32 Å². The van der Waals surface area contributed by atoms with E-state index in [1.54, 1.807) is 5.01 Å². The molecule has 4 heteroatoms. The van der Waals surface area contributed by atoms with Crippen LogP contribution in [0.25, 0.3) is 0 Å². The first-order valence-corrected chi connectivity index (χ1v) is 2.71. The normalized spacial score (nSPS) is 10.5. The summed E-state index contributed by atoms with van der Waals surface area (Å²) in [5.74, 6) is 5.37. The molecular formula is C4H14N4. The molecule has 0 aliphatic rings. The summed E-state index contributed by atoms with van der Waals surface area (Å²) in [5.41, 5.74) is 5.14. The molecule has 0 radical (unpaired) electrons. The average Bonchev–Trinajstić information content (AvgIpc) is 1.83. The topological polar surface area (TPSA) is 67.3 Å². The van der Waals surface area contributed by atoms with Gasteiger partial charge in [-0.15, -0.1) is 0 Å². The van der Waals surface area contributed by atoms with Gasteiger partial charge in [-0.1, -0.05) is 6.92 Å². The van der Waals surface area contributed by atoms with Crippen LogP contribution < -0.4 is 16.9 Å².